The molecule has 0 unspecified atom stereocenters. The second-order valence-corrected chi connectivity index (χ2v) is 3.88. The SMILES string of the molecule is C[C@H](C(=O)O)n1ccc2ccc(Cl)cc21. The molecule has 0 saturated heterocycles. The van der Waals surface area contributed by atoms with Crippen molar-refractivity contribution in [1.29, 1.82) is 0 Å². The van der Waals surface area contributed by atoms with Gasteiger partial charge in [-0.05, 0) is 30.5 Å². The lowest BCUT2D eigenvalue weighted by molar-refractivity contribution is -0.140. The molecule has 0 spiro atoms. The maximum Gasteiger partial charge on any atom is 0.326 e. The molecule has 0 radical (unpaired) electrons. The Bertz CT molecular complexity index is 518. The molecule has 3 nitrogen and oxygen atoms in total. The van der Waals surface area contributed by atoms with E-state index in [4.69, 9.17) is 16.7 Å². The molecule has 15 heavy (non-hydrogen) atoms. The first-order valence-electron chi connectivity index (χ1n) is 4.58. The topological polar surface area (TPSA) is 42.2 Å². The third-order valence-electron chi connectivity index (χ3n) is 2.46. The van der Waals surface area contributed by atoms with Crippen LogP contribution in [0.5, 0.6) is 0 Å². The van der Waals surface area contributed by atoms with Crippen LogP contribution in [0.25, 0.3) is 10.9 Å². The predicted octanol–water partition coefficient (Wildman–Crippen LogP) is 2.94. The summed E-state index contributed by atoms with van der Waals surface area (Å²) < 4.78 is 1.70. The standard InChI is InChI=1S/C11H10ClNO2/c1-7(11(14)15)13-5-4-8-2-3-9(12)6-10(8)13/h2-7H,1H3,(H,14,15)/t7-/m1/s1. The van der Waals surface area contributed by atoms with Crippen molar-refractivity contribution in [3.8, 4) is 0 Å². The maximum absolute atomic E-state index is 10.9. The fourth-order valence-corrected chi connectivity index (χ4v) is 1.75. The summed E-state index contributed by atoms with van der Waals surface area (Å²) in [7, 11) is 0. The van der Waals surface area contributed by atoms with Crippen LogP contribution in [0.1, 0.15) is 13.0 Å². The maximum atomic E-state index is 10.9. The van der Waals surface area contributed by atoms with Gasteiger partial charge in [0.15, 0.2) is 0 Å². The lowest BCUT2D eigenvalue weighted by Gasteiger charge is -2.10. The van der Waals surface area contributed by atoms with Crippen LogP contribution in [0.15, 0.2) is 30.5 Å². The van der Waals surface area contributed by atoms with Crippen molar-refractivity contribution in [3.63, 3.8) is 0 Å². The summed E-state index contributed by atoms with van der Waals surface area (Å²) in [6.45, 7) is 1.64. The molecule has 1 aromatic heterocycles. The number of halogens is 1. The Hall–Kier alpha value is -1.48. The lowest BCUT2D eigenvalue weighted by Crippen LogP contribution is -2.14. The predicted molar refractivity (Wildman–Crippen MR) is 59.3 cm³/mol. The minimum atomic E-state index is -0.854. The highest BCUT2D eigenvalue weighted by Gasteiger charge is 2.14. The van der Waals surface area contributed by atoms with Crippen molar-refractivity contribution in [2.75, 3.05) is 0 Å². The van der Waals surface area contributed by atoms with Gasteiger partial charge in [0.25, 0.3) is 0 Å². The monoisotopic (exact) mass is 223 g/mol. The molecular weight excluding hydrogens is 214 g/mol. The average Bonchev–Trinajstić information content (AvgIpc) is 2.59. The van der Waals surface area contributed by atoms with E-state index in [0.29, 0.717) is 5.02 Å². The van der Waals surface area contributed by atoms with Gasteiger partial charge in [0.05, 0.1) is 5.52 Å². The Kier molecular flexibility index (Phi) is 2.40. The van der Waals surface area contributed by atoms with E-state index in [0.717, 1.165) is 10.9 Å². The Morgan fingerprint density at radius 3 is 2.87 bits per heavy atom. The Morgan fingerprint density at radius 1 is 1.47 bits per heavy atom. The molecule has 2 rings (SSSR count). The van der Waals surface area contributed by atoms with E-state index in [9.17, 15) is 4.79 Å². The van der Waals surface area contributed by atoms with E-state index < -0.39 is 12.0 Å². The van der Waals surface area contributed by atoms with Crippen LogP contribution in [0, 0.1) is 0 Å². The molecule has 0 amide bonds. The number of fused-ring (bicyclic) bond motifs is 1. The second-order valence-electron chi connectivity index (χ2n) is 3.44. The minimum absolute atomic E-state index is 0.582. The number of hydrogen-bond donors (Lipinski definition) is 1. The van der Waals surface area contributed by atoms with Crippen molar-refractivity contribution in [1.82, 2.24) is 4.57 Å². The number of benzene rings is 1. The largest absolute Gasteiger partial charge is 0.480 e. The smallest absolute Gasteiger partial charge is 0.326 e. The molecule has 78 valence electrons. The van der Waals surface area contributed by atoms with Crippen LogP contribution in [0.4, 0.5) is 0 Å². The summed E-state index contributed by atoms with van der Waals surface area (Å²) in [5, 5.41) is 10.5. The molecule has 0 aliphatic rings. The van der Waals surface area contributed by atoms with Gasteiger partial charge in [-0.15, -0.1) is 0 Å². The molecular formula is C11H10ClNO2. The Morgan fingerprint density at radius 2 is 2.20 bits per heavy atom. The molecule has 0 saturated carbocycles. The van der Waals surface area contributed by atoms with Gasteiger partial charge in [0, 0.05) is 11.2 Å². The molecule has 1 aromatic carbocycles. The normalized spacial score (nSPS) is 12.9. The molecule has 1 heterocycles. The fourth-order valence-electron chi connectivity index (χ4n) is 1.58. The summed E-state index contributed by atoms with van der Waals surface area (Å²) in [6.07, 6.45) is 1.76. The summed E-state index contributed by atoms with van der Waals surface area (Å²) in [4.78, 5) is 10.9. The highest BCUT2D eigenvalue weighted by Crippen LogP contribution is 2.23. The van der Waals surface area contributed by atoms with E-state index in [2.05, 4.69) is 0 Å². The first-order valence-corrected chi connectivity index (χ1v) is 4.96. The molecule has 0 bridgehead atoms. The van der Waals surface area contributed by atoms with Gasteiger partial charge in [-0.1, -0.05) is 17.7 Å². The van der Waals surface area contributed by atoms with Crippen LogP contribution in [0.3, 0.4) is 0 Å². The minimum Gasteiger partial charge on any atom is -0.480 e. The highest BCUT2D eigenvalue weighted by atomic mass is 35.5. The number of rotatable bonds is 2. The second kappa shape index (κ2) is 3.59. The average molecular weight is 224 g/mol. The van der Waals surface area contributed by atoms with E-state index in [1.165, 1.54) is 0 Å². The van der Waals surface area contributed by atoms with Gasteiger partial charge < -0.3 is 9.67 Å². The Balaban J connectivity index is 2.61. The molecule has 2 aromatic rings. The van der Waals surface area contributed by atoms with Crippen molar-refractivity contribution < 1.29 is 9.90 Å². The third kappa shape index (κ3) is 1.70. The molecule has 1 N–H and O–H groups in total. The summed E-state index contributed by atoms with van der Waals surface area (Å²) in [5.41, 5.74) is 0.845. The van der Waals surface area contributed by atoms with Crippen LogP contribution in [-0.2, 0) is 4.79 Å². The molecule has 0 aliphatic heterocycles. The lowest BCUT2D eigenvalue weighted by atomic mass is 10.2. The number of aromatic nitrogens is 1. The zero-order chi connectivity index (χ0) is 11.0. The Labute approximate surface area is 91.9 Å². The quantitative estimate of drug-likeness (QED) is 0.851. The number of carboxylic acids is 1. The number of hydrogen-bond acceptors (Lipinski definition) is 1. The van der Waals surface area contributed by atoms with E-state index in [1.807, 2.05) is 12.1 Å². The summed E-state index contributed by atoms with van der Waals surface area (Å²) >= 11 is 5.87. The summed E-state index contributed by atoms with van der Waals surface area (Å²) in [5.74, 6) is -0.854. The number of carbonyl (C=O) groups is 1. The molecule has 0 fully saturated rings. The number of aliphatic carboxylic acids is 1. The van der Waals surface area contributed by atoms with Crippen LogP contribution in [-0.4, -0.2) is 15.6 Å². The van der Waals surface area contributed by atoms with Crippen LogP contribution in [0.2, 0.25) is 5.02 Å². The fraction of sp³-hybridized carbons (Fsp3) is 0.182. The molecule has 0 aliphatic carbocycles. The number of carboxylic acid groups (broad SMARTS) is 1. The van der Waals surface area contributed by atoms with Crippen molar-refractivity contribution in [2.24, 2.45) is 0 Å². The van der Waals surface area contributed by atoms with Gasteiger partial charge in [-0.3, -0.25) is 0 Å². The number of nitrogens with zero attached hydrogens (tertiary/aromatic N) is 1. The highest BCUT2D eigenvalue weighted by molar-refractivity contribution is 6.31. The van der Waals surface area contributed by atoms with Crippen molar-refractivity contribution in [2.45, 2.75) is 13.0 Å². The van der Waals surface area contributed by atoms with Gasteiger partial charge in [-0.2, -0.15) is 0 Å². The summed E-state index contributed by atoms with van der Waals surface area (Å²) in [6, 6.07) is 6.74. The van der Waals surface area contributed by atoms with Crippen LogP contribution >= 0.6 is 11.6 Å². The van der Waals surface area contributed by atoms with Gasteiger partial charge in [0.2, 0.25) is 0 Å². The zero-order valence-electron chi connectivity index (χ0n) is 8.14. The first kappa shape index (κ1) is 10.1. The zero-order valence-corrected chi connectivity index (χ0v) is 8.90. The first-order chi connectivity index (χ1) is 7.09. The molecule has 4 heteroatoms. The van der Waals surface area contributed by atoms with Crippen molar-refractivity contribution >= 4 is 28.5 Å². The van der Waals surface area contributed by atoms with E-state index in [-0.39, 0.29) is 0 Å². The van der Waals surface area contributed by atoms with Gasteiger partial charge in [0.1, 0.15) is 6.04 Å². The van der Waals surface area contributed by atoms with Crippen LogP contribution < -0.4 is 0 Å². The van der Waals surface area contributed by atoms with Crippen molar-refractivity contribution in [3.05, 3.63) is 35.5 Å². The van der Waals surface area contributed by atoms with E-state index in [1.54, 1.807) is 29.8 Å². The van der Waals surface area contributed by atoms with Gasteiger partial charge in [-0.25, -0.2) is 4.79 Å². The van der Waals surface area contributed by atoms with Gasteiger partial charge >= 0.3 is 5.97 Å². The third-order valence-corrected chi connectivity index (χ3v) is 2.70. The molecule has 1 atom stereocenters. The van der Waals surface area contributed by atoms with E-state index >= 15 is 0 Å².